The number of piperidine rings is 1. The number of nitrogens with zero attached hydrogens (tertiary/aromatic N) is 3. The zero-order chi connectivity index (χ0) is 20.9. The average Bonchev–Trinajstić information content (AvgIpc) is 3.22. The van der Waals surface area contributed by atoms with Gasteiger partial charge in [-0.2, -0.15) is 0 Å². The van der Waals surface area contributed by atoms with Gasteiger partial charge in [0.05, 0.1) is 25.4 Å². The highest BCUT2D eigenvalue weighted by molar-refractivity contribution is 5.78. The lowest BCUT2D eigenvalue weighted by molar-refractivity contribution is -0.133. The highest BCUT2D eigenvalue weighted by Crippen LogP contribution is 2.32. The molecule has 3 heterocycles. The summed E-state index contributed by atoms with van der Waals surface area (Å²) >= 11 is 0. The van der Waals surface area contributed by atoms with E-state index in [-0.39, 0.29) is 11.9 Å². The number of aryl methyl sites for hydroxylation is 1. The maximum Gasteiger partial charge on any atom is 0.236 e. The maximum absolute atomic E-state index is 12.8. The van der Waals surface area contributed by atoms with Gasteiger partial charge in [-0.1, -0.05) is 12.1 Å². The van der Waals surface area contributed by atoms with E-state index >= 15 is 0 Å². The van der Waals surface area contributed by atoms with Gasteiger partial charge < -0.3 is 9.64 Å². The molecule has 0 N–H and O–H groups in total. The molecule has 1 amide bonds. The van der Waals surface area contributed by atoms with Crippen LogP contribution in [-0.4, -0.2) is 54.0 Å². The Kier molecular flexibility index (Phi) is 6.68. The van der Waals surface area contributed by atoms with Crippen molar-refractivity contribution in [2.75, 3.05) is 33.3 Å². The standard InChI is InChI=1S/C25H33N3O2/c1-19-14-21(15-20-8-6-9-22(16-20)30-2)17-23(26-19)24-10-7-13-28(24)18-25(29)27-11-4-3-5-12-27/h6,8-9,14,16-17,24H,3-5,7,10-13,15,18H2,1-2H3/t24-/m1/s1. The van der Waals surface area contributed by atoms with Crippen LogP contribution in [0.4, 0.5) is 0 Å². The molecule has 4 rings (SSSR count). The van der Waals surface area contributed by atoms with Crippen LogP contribution in [0.25, 0.3) is 0 Å². The Morgan fingerprint density at radius 1 is 1.07 bits per heavy atom. The van der Waals surface area contributed by atoms with Crippen molar-refractivity contribution in [2.45, 2.75) is 51.5 Å². The van der Waals surface area contributed by atoms with Gasteiger partial charge in [-0.25, -0.2) is 0 Å². The molecule has 0 radical (unpaired) electrons. The molecular weight excluding hydrogens is 374 g/mol. The van der Waals surface area contributed by atoms with E-state index in [4.69, 9.17) is 9.72 Å². The van der Waals surface area contributed by atoms with Gasteiger partial charge in [0.15, 0.2) is 0 Å². The highest BCUT2D eigenvalue weighted by Gasteiger charge is 2.30. The first-order valence-electron chi connectivity index (χ1n) is 11.2. The predicted octanol–water partition coefficient (Wildman–Crippen LogP) is 4.14. The van der Waals surface area contributed by atoms with Crippen LogP contribution in [0.2, 0.25) is 0 Å². The molecular formula is C25H33N3O2. The zero-order valence-electron chi connectivity index (χ0n) is 18.3. The Labute approximate surface area is 180 Å². The predicted molar refractivity (Wildman–Crippen MR) is 119 cm³/mol. The molecule has 2 saturated heterocycles. The molecule has 5 heteroatoms. The van der Waals surface area contributed by atoms with E-state index in [1.54, 1.807) is 7.11 Å². The van der Waals surface area contributed by atoms with Crippen molar-refractivity contribution in [2.24, 2.45) is 0 Å². The van der Waals surface area contributed by atoms with Crippen molar-refractivity contribution in [1.29, 1.82) is 0 Å². The second-order valence-electron chi connectivity index (χ2n) is 8.64. The third-order valence-electron chi connectivity index (χ3n) is 6.33. The molecule has 0 unspecified atom stereocenters. The topological polar surface area (TPSA) is 45.7 Å². The van der Waals surface area contributed by atoms with E-state index in [9.17, 15) is 4.79 Å². The van der Waals surface area contributed by atoms with E-state index in [0.717, 1.165) is 68.9 Å². The van der Waals surface area contributed by atoms with E-state index in [1.165, 1.54) is 17.5 Å². The van der Waals surface area contributed by atoms with Gasteiger partial charge in [-0.05, 0) is 87.4 Å². The average molecular weight is 408 g/mol. The lowest BCUT2D eigenvalue weighted by atomic mass is 10.0. The number of aromatic nitrogens is 1. The first kappa shape index (κ1) is 20.9. The van der Waals surface area contributed by atoms with Crippen molar-refractivity contribution in [3.05, 3.63) is 58.9 Å². The Balaban J connectivity index is 1.48. The first-order chi connectivity index (χ1) is 14.6. The van der Waals surface area contributed by atoms with Gasteiger partial charge in [0, 0.05) is 18.8 Å². The molecule has 160 valence electrons. The molecule has 1 aromatic carbocycles. The molecule has 0 aliphatic carbocycles. The van der Waals surface area contributed by atoms with Crippen molar-refractivity contribution in [3.8, 4) is 5.75 Å². The smallest absolute Gasteiger partial charge is 0.236 e. The van der Waals surface area contributed by atoms with Gasteiger partial charge in [0.25, 0.3) is 0 Å². The molecule has 1 aromatic heterocycles. The number of likely N-dealkylation sites (tertiary alicyclic amines) is 2. The summed E-state index contributed by atoms with van der Waals surface area (Å²) in [5, 5.41) is 0. The highest BCUT2D eigenvalue weighted by atomic mass is 16.5. The summed E-state index contributed by atoms with van der Waals surface area (Å²) in [5.41, 5.74) is 4.64. The molecule has 0 saturated carbocycles. The summed E-state index contributed by atoms with van der Waals surface area (Å²) in [7, 11) is 1.70. The molecule has 2 aliphatic heterocycles. The number of hydrogen-bond donors (Lipinski definition) is 0. The fourth-order valence-corrected chi connectivity index (χ4v) is 4.83. The van der Waals surface area contributed by atoms with Gasteiger partial charge in [0.2, 0.25) is 5.91 Å². The van der Waals surface area contributed by atoms with E-state index in [1.807, 2.05) is 12.1 Å². The minimum absolute atomic E-state index is 0.239. The van der Waals surface area contributed by atoms with Crippen LogP contribution in [0.15, 0.2) is 36.4 Å². The summed E-state index contributed by atoms with van der Waals surface area (Å²) in [5.74, 6) is 1.17. The van der Waals surface area contributed by atoms with Crippen LogP contribution < -0.4 is 4.74 Å². The minimum atomic E-state index is 0.239. The number of ether oxygens (including phenoxy) is 1. The number of rotatable bonds is 6. The minimum Gasteiger partial charge on any atom is -0.497 e. The van der Waals surface area contributed by atoms with Crippen LogP contribution in [0.5, 0.6) is 5.75 Å². The lowest BCUT2D eigenvalue weighted by Crippen LogP contribution is -2.42. The van der Waals surface area contributed by atoms with E-state index in [0.29, 0.717) is 6.54 Å². The monoisotopic (exact) mass is 407 g/mol. The van der Waals surface area contributed by atoms with Gasteiger partial charge >= 0.3 is 0 Å². The summed E-state index contributed by atoms with van der Waals surface area (Å²) in [6.45, 7) is 5.41. The molecule has 2 aromatic rings. The molecule has 2 aliphatic rings. The third-order valence-corrected chi connectivity index (χ3v) is 6.33. The van der Waals surface area contributed by atoms with Crippen LogP contribution in [-0.2, 0) is 11.2 Å². The van der Waals surface area contributed by atoms with Crippen molar-refractivity contribution < 1.29 is 9.53 Å². The van der Waals surface area contributed by atoms with Crippen LogP contribution >= 0.6 is 0 Å². The Bertz CT molecular complexity index is 876. The number of carbonyl (C=O) groups is 1. The Morgan fingerprint density at radius 3 is 2.70 bits per heavy atom. The van der Waals surface area contributed by atoms with Gasteiger partial charge in [-0.3, -0.25) is 14.7 Å². The second kappa shape index (κ2) is 9.61. The van der Waals surface area contributed by atoms with E-state index in [2.05, 4.69) is 41.0 Å². The summed E-state index contributed by atoms with van der Waals surface area (Å²) in [6.07, 6.45) is 6.58. The van der Waals surface area contributed by atoms with Crippen molar-refractivity contribution in [1.82, 2.24) is 14.8 Å². The first-order valence-corrected chi connectivity index (χ1v) is 11.2. The van der Waals surface area contributed by atoms with Gasteiger partial charge in [-0.15, -0.1) is 0 Å². The number of carbonyl (C=O) groups excluding carboxylic acids is 1. The normalized spacial score (nSPS) is 19.8. The molecule has 0 bridgehead atoms. The quantitative estimate of drug-likeness (QED) is 0.722. The summed E-state index contributed by atoms with van der Waals surface area (Å²) in [4.78, 5) is 22.1. The van der Waals surface area contributed by atoms with Crippen LogP contribution in [0.3, 0.4) is 0 Å². The fraction of sp³-hybridized carbons (Fsp3) is 0.520. The molecule has 1 atom stereocenters. The third kappa shape index (κ3) is 5.01. The van der Waals surface area contributed by atoms with Gasteiger partial charge in [0.1, 0.15) is 5.75 Å². The molecule has 5 nitrogen and oxygen atoms in total. The molecule has 0 spiro atoms. The molecule has 2 fully saturated rings. The van der Waals surface area contributed by atoms with Crippen molar-refractivity contribution >= 4 is 5.91 Å². The number of hydrogen-bond acceptors (Lipinski definition) is 4. The van der Waals surface area contributed by atoms with Crippen LogP contribution in [0.1, 0.15) is 60.7 Å². The number of pyridine rings is 1. The Hall–Kier alpha value is -2.40. The van der Waals surface area contributed by atoms with E-state index < -0.39 is 0 Å². The Morgan fingerprint density at radius 2 is 1.90 bits per heavy atom. The summed E-state index contributed by atoms with van der Waals surface area (Å²) in [6, 6.07) is 12.9. The zero-order valence-corrected chi connectivity index (χ0v) is 18.3. The number of amides is 1. The second-order valence-corrected chi connectivity index (χ2v) is 8.64. The lowest BCUT2D eigenvalue weighted by Gasteiger charge is -2.30. The number of methoxy groups -OCH3 is 1. The molecule has 30 heavy (non-hydrogen) atoms. The summed E-state index contributed by atoms with van der Waals surface area (Å²) < 4.78 is 5.37. The fourth-order valence-electron chi connectivity index (χ4n) is 4.83. The SMILES string of the molecule is COc1cccc(Cc2cc(C)nc([C@H]3CCCN3CC(=O)N3CCCCC3)c2)c1. The van der Waals surface area contributed by atoms with Crippen LogP contribution in [0, 0.1) is 6.92 Å². The largest absolute Gasteiger partial charge is 0.497 e. The van der Waals surface area contributed by atoms with Crippen molar-refractivity contribution in [3.63, 3.8) is 0 Å². The number of benzene rings is 1. The maximum atomic E-state index is 12.8.